The number of hydrogen-bond donors (Lipinski definition) is 2. The molecule has 0 radical (unpaired) electrons. The van der Waals surface area contributed by atoms with Gasteiger partial charge in [-0.05, 0) is 17.9 Å². The van der Waals surface area contributed by atoms with Crippen molar-refractivity contribution in [3.63, 3.8) is 0 Å². The van der Waals surface area contributed by atoms with Crippen LogP contribution < -0.4 is 5.32 Å². The molecular weight excluding hydrogens is 252 g/mol. The highest BCUT2D eigenvalue weighted by Gasteiger charge is 2.59. The Labute approximate surface area is 109 Å². The molecule has 7 heteroatoms. The fourth-order valence-electron chi connectivity index (χ4n) is 3.21. The Morgan fingerprint density at radius 2 is 2.26 bits per heavy atom. The van der Waals surface area contributed by atoms with E-state index in [2.05, 4.69) is 5.32 Å². The van der Waals surface area contributed by atoms with Gasteiger partial charge in [-0.15, -0.1) is 0 Å². The number of carboxylic acid groups (broad SMARTS) is 1. The summed E-state index contributed by atoms with van der Waals surface area (Å²) in [6.07, 6.45) is 0.548. The van der Waals surface area contributed by atoms with E-state index in [1.54, 1.807) is 0 Å². The average molecular weight is 266 g/mol. The van der Waals surface area contributed by atoms with Crippen molar-refractivity contribution >= 4 is 17.8 Å². The Morgan fingerprint density at radius 3 is 2.89 bits per heavy atom. The maximum absolute atomic E-state index is 11.9. The van der Waals surface area contributed by atoms with Crippen molar-refractivity contribution in [3.8, 4) is 0 Å². The van der Waals surface area contributed by atoms with Crippen LogP contribution in [0, 0.1) is 5.92 Å². The number of β-lactam (4-membered cyclic amide) rings is 1. The first-order valence-electron chi connectivity index (χ1n) is 6.16. The summed E-state index contributed by atoms with van der Waals surface area (Å²) in [4.78, 5) is 35.5. The van der Waals surface area contributed by atoms with Crippen LogP contribution in [0.3, 0.4) is 0 Å². The maximum Gasteiger partial charge on any atom is 0.352 e. The Balaban J connectivity index is 1.93. The van der Waals surface area contributed by atoms with Gasteiger partial charge in [-0.3, -0.25) is 14.5 Å². The van der Waals surface area contributed by atoms with Gasteiger partial charge in [0.1, 0.15) is 18.3 Å². The number of carbonyl (C=O) groups excluding carboxylic acids is 2. The van der Waals surface area contributed by atoms with Gasteiger partial charge in [-0.2, -0.15) is 0 Å². The fourth-order valence-corrected chi connectivity index (χ4v) is 3.21. The number of carbonyl (C=O) groups is 3. The largest absolute Gasteiger partial charge is 0.477 e. The number of ether oxygens (including phenoxy) is 1. The molecule has 0 bridgehead atoms. The summed E-state index contributed by atoms with van der Waals surface area (Å²) in [6, 6.07) is -0.297. The third-order valence-electron chi connectivity index (χ3n) is 3.96. The quantitative estimate of drug-likeness (QED) is 0.507. The standard InChI is InChI=1S/C12H14N2O5/c1-5(15)19-4-7-2-6-3-13-8-9(6)14(11(8)16)10(7)12(17)18/h6,8-9,13H,2-4H2,1H3,(H,17,18)/t6-,8+,9-/m1/s1. The second-order valence-electron chi connectivity index (χ2n) is 5.09. The smallest absolute Gasteiger partial charge is 0.352 e. The Bertz CT molecular complexity index is 512. The van der Waals surface area contributed by atoms with Crippen molar-refractivity contribution in [2.45, 2.75) is 25.4 Å². The summed E-state index contributed by atoms with van der Waals surface area (Å²) in [5, 5.41) is 12.4. The van der Waals surface area contributed by atoms with Crippen molar-refractivity contribution in [3.05, 3.63) is 11.3 Å². The van der Waals surface area contributed by atoms with Gasteiger partial charge < -0.3 is 15.2 Å². The molecule has 0 unspecified atom stereocenters. The van der Waals surface area contributed by atoms with Crippen LogP contribution in [0.5, 0.6) is 0 Å². The van der Waals surface area contributed by atoms with Crippen LogP contribution in [-0.2, 0) is 19.1 Å². The predicted molar refractivity (Wildman–Crippen MR) is 61.8 cm³/mol. The minimum absolute atomic E-state index is 0.00699. The zero-order valence-corrected chi connectivity index (χ0v) is 10.4. The van der Waals surface area contributed by atoms with Crippen molar-refractivity contribution < 1.29 is 24.2 Å². The molecule has 7 nitrogen and oxygen atoms in total. The SMILES string of the molecule is CC(=O)OCC1=C(C(=O)O)N2C(=O)[C@H]3NC[C@@H](C1)[C@H]32. The number of aliphatic carboxylic acids is 1. The van der Waals surface area contributed by atoms with E-state index in [0.29, 0.717) is 18.5 Å². The second kappa shape index (κ2) is 4.06. The van der Waals surface area contributed by atoms with Crippen molar-refractivity contribution in [2.24, 2.45) is 5.92 Å². The van der Waals surface area contributed by atoms with Crippen LogP contribution >= 0.6 is 0 Å². The van der Waals surface area contributed by atoms with E-state index in [4.69, 9.17) is 4.74 Å². The van der Waals surface area contributed by atoms with Gasteiger partial charge in [-0.25, -0.2) is 4.79 Å². The third kappa shape index (κ3) is 1.65. The molecule has 19 heavy (non-hydrogen) atoms. The lowest BCUT2D eigenvalue weighted by Crippen LogP contribution is -2.68. The molecule has 102 valence electrons. The zero-order chi connectivity index (χ0) is 13.7. The van der Waals surface area contributed by atoms with Gasteiger partial charge in [0, 0.05) is 13.5 Å². The number of amides is 1. The topological polar surface area (TPSA) is 95.9 Å². The van der Waals surface area contributed by atoms with Crippen molar-refractivity contribution in [1.29, 1.82) is 0 Å². The average Bonchev–Trinajstić information content (AvgIpc) is 2.74. The molecule has 1 amide bonds. The Morgan fingerprint density at radius 1 is 1.53 bits per heavy atom. The summed E-state index contributed by atoms with van der Waals surface area (Å²) in [6.45, 7) is 1.90. The monoisotopic (exact) mass is 266 g/mol. The number of carboxylic acids is 1. The van der Waals surface area contributed by atoms with Gasteiger partial charge in [0.05, 0.1) is 6.04 Å². The fraction of sp³-hybridized carbons (Fsp3) is 0.583. The van der Waals surface area contributed by atoms with E-state index < -0.39 is 11.9 Å². The van der Waals surface area contributed by atoms with Gasteiger partial charge in [0.2, 0.25) is 5.91 Å². The summed E-state index contributed by atoms with van der Waals surface area (Å²) < 4.78 is 4.89. The molecule has 3 aliphatic heterocycles. The maximum atomic E-state index is 11.9. The van der Waals surface area contributed by atoms with Gasteiger partial charge >= 0.3 is 11.9 Å². The molecule has 0 aliphatic carbocycles. The number of rotatable bonds is 3. The van der Waals surface area contributed by atoms with Crippen LogP contribution in [0.2, 0.25) is 0 Å². The first kappa shape index (κ1) is 12.2. The Kier molecular flexibility index (Phi) is 2.60. The highest BCUT2D eigenvalue weighted by atomic mass is 16.5. The van der Waals surface area contributed by atoms with Gasteiger partial charge in [0.15, 0.2) is 0 Å². The molecule has 0 aromatic carbocycles. The van der Waals surface area contributed by atoms with Crippen LogP contribution in [0.15, 0.2) is 11.3 Å². The molecule has 2 N–H and O–H groups in total. The third-order valence-corrected chi connectivity index (χ3v) is 3.96. The molecule has 3 rings (SSSR count). The first-order valence-corrected chi connectivity index (χ1v) is 6.16. The lowest BCUT2D eigenvalue weighted by atomic mass is 9.79. The zero-order valence-electron chi connectivity index (χ0n) is 10.4. The van der Waals surface area contributed by atoms with Crippen LogP contribution in [0.1, 0.15) is 13.3 Å². The van der Waals surface area contributed by atoms with E-state index >= 15 is 0 Å². The molecule has 3 atom stereocenters. The van der Waals surface area contributed by atoms with E-state index in [9.17, 15) is 19.5 Å². The molecule has 0 spiro atoms. The van der Waals surface area contributed by atoms with Crippen molar-refractivity contribution in [2.75, 3.05) is 13.2 Å². The Hall–Kier alpha value is -1.89. The van der Waals surface area contributed by atoms with E-state index in [1.807, 2.05) is 0 Å². The number of nitrogens with zero attached hydrogens (tertiary/aromatic N) is 1. The van der Waals surface area contributed by atoms with Crippen LogP contribution in [-0.4, -0.2) is 53.1 Å². The summed E-state index contributed by atoms with van der Waals surface area (Å²) in [5.41, 5.74) is 0.506. The molecule has 3 heterocycles. The van der Waals surface area contributed by atoms with Gasteiger partial charge in [0.25, 0.3) is 0 Å². The van der Waals surface area contributed by atoms with Crippen LogP contribution in [0.4, 0.5) is 0 Å². The van der Waals surface area contributed by atoms with E-state index in [-0.39, 0.29) is 36.2 Å². The molecule has 0 aromatic rings. The normalized spacial score (nSPS) is 31.9. The van der Waals surface area contributed by atoms with Crippen molar-refractivity contribution in [1.82, 2.24) is 10.2 Å². The summed E-state index contributed by atoms with van der Waals surface area (Å²) in [7, 11) is 0. The van der Waals surface area contributed by atoms with E-state index in [0.717, 1.165) is 0 Å². The predicted octanol–water partition coefficient (Wildman–Crippen LogP) is -0.909. The molecule has 2 fully saturated rings. The van der Waals surface area contributed by atoms with E-state index in [1.165, 1.54) is 11.8 Å². The number of esters is 1. The highest BCUT2D eigenvalue weighted by molar-refractivity contribution is 6.00. The molecule has 0 saturated carbocycles. The highest BCUT2D eigenvalue weighted by Crippen LogP contribution is 2.43. The number of nitrogens with one attached hydrogen (secondary N) is 1. The lowest BCUT2D eigenvalue weighted by molar-refractivity contribution is -0.153. The second-order valence-corrected chi connectivity index (χ2v) is 5.09. The molecule has 2 saturated heterocycles. The lowest BCUT2D eigenvalue weighted by Gasteiger charge is -2.48. The minimum Gasteiger partial charge on any atom is -0.477 e. The summed E-state index contributed by atoms with van der Waals surface area (Å²) in [5.74, 6) is -1.60. The first-order chi connectivity index (χ1) is 9.00. The minimum atomic E-state index is -1.14. The van der Waals surface area contributed by atoms with Crippen LogP contribution in [0.25, 0.3) is 0 Å². The van der Waals surface area contributed by atoms with Gasteiger partial charge in [-0.1, -0.05) is 0 Å². The molecule has 3 aliphatic rings. The number of hydrogen-bond acceptors (Lipinski definition) is 5. The molecular formula is C12H14N2O5. The summed E-state index contributed by atoms with van der Waals surface area (Å²) >= 11 is 0. The molecule has 0 aromatic heterocycles.